The van der Waals surface area contributed by atoms with Crippen LogP contribution in [0.5, 0.6) is 0 Å². The molecule has 3 heteroatoms. The van der Waals surface area contributed by atoms with E-state index in [0.29, 0.717) is 12.0 Å². The minimum Gasteiger partial charge on any atom is -0.469 e. The molecule has 18 heavy (non-hydrogen) atoms. The predicted molar refractivity (Wildman–Crippen MR) is 72.7 cm³/mol. The Balaban J connectivity index is 1.83. The lowest BCUT2D eigenvalue weighted by Gasteiger charge is -2.31. The van der Waals surface area contributed by atoms with E-state index in [1.54, 1.807) is 6.26 Å². The molecule has 1 aliphatic heterocycles. The van der Waals surface area contributed by atoms with Crippen molar-refractivity contribution in [1.82, 2.24) is 5.32 Å². The number of rotatable bonds is 7. The normalized spacial score (nSPS) is 21.9. The number of nitrogens with one attached hydrogen (secondary N) is 1. The zero-order valence-electron chi connectivity index (χ0n) is 11.4. The number of furan rings is 1. The average Bonchev–Trinajstić information content (AvgIpc) is 2.93. The van der Waals surface area contributed by atoms with E-state index in [0.717, 1.165) is 38.4 Å². The van der Waals surface area contributed by atoms with Gasteiger partial charge in [0.05, 0.1) is 12.9 Å². The third-order valence-corrected chi connectivity index (χ3v) is 3.70. The molecule has 0 amide bonds. The lowest BCUT2D eigenvalue weighted by atomic mass is 9.90. The first-order valence-electron chi connectivity index (χ1n) is 7.23. The van der Waals surface area contributed by atoms with Crippen molar-refractivity contribution in [2.45, 2.75) is 45.1 Å². The third kappa shape index (κ3) is 4.14. The van der Waals surface area contributed by atoms with Gasteiger partial charge in [0.2, 0.25) is 0 Å². The summed E-state index contributed by atoms with van der Waals surface area (Å²) in [6.07, 6.45) is 7.60. The molecule has 2 rings (SSSR count). The smallest absolute Gasteiger partial charge is 0.103 e. The van der Waals surface area contributed by atoms with E-state index in [2.05, 4.69) is 18.3 Å². The molecule has 0 spiro atoms. The third-order valence-electron chi connectivity index (χ3n) is 3.70. The van der Waals surface area contributed by atoms with Gasteiger partial charge in [-0.2, -0.15) is 0 Å². The maximum Gasteiger partial charge on any atom is 0.103 e. The van der Waals surface area contributed by atoms with E-state index in [4.69, 9.17) is 9.15 Å². The largest absolute Gasteiger partial charge is 0.469 e. The van der Waals surface area contributed by atoms with Crippen LogP contribution in [-0.4, -0.2) is 25.8 Å². The Labute approximate surface area is 110 Å². The van der Waals surface area contributed by atoms with Crippen LogP contribution in [0.2, 0.25) is 0 Å². The van der Waals surface area contributed by atoms with Crippen LogP contribution in [0.25, 0.3) is 0 Å². The summed E-state index contributed by atoms with van der Waals surface area (Å²) < 4.78 is 11.0. The zero-order chi connectivity index (χ0) is 12.6. The van der Waals surface area contributed by atoms with Crippen LogP contribution in [0.1, 0.15) is 38.4 Å². The molecule has 2 atom stereocenters. The first kappa shape index (κ1) is 13.6. The van der Waals surface area contributed by atoms with Crippen molar-refractivity contribution in [3.05, 3.63) is 24.2 Å². The fraction of sp³-hybridized carbons (Fsp3) is 0.733. The Bertz CT molecular complexity index is 304. The van der Waals surface area contributed by atoms with Crippen molar-refractivity contribution in [2.75, 3.05) is 19.8 Å². The molecule has 1 fully saturated rings. The van der Waals surface area contributed by atoms with Gasteiger partial charge in [-0.05, 0) is 50.3 Å². The van der Waals surface area contributed by atoms with Gasteiger partial charge in [-0.3, -0.25) is 0 Å². The number of hydrogen-bond acceptors (Lipinski definition) is 3. The molecule has 2 unspecified atom stereocenters. The standard InChI is InChI=1S/C15H25NO2/c1-2-9-16-15(13-5-3-10-17-12-13)8-7-14-6-4-11-18-14/h4,6,11,13,15-16H,2-3,5,7-10,12H2,1H3. The Hall–Kier alpha value is -0.800. The van der Waals surface area contributed by atoms with Gasteiger partial charge < -0.3 is 14.5 Å². The first-order valence-corrected chi connectivity index (χ1v) is 7.23. The van der Waals surface area contributed by atoms with Crippen molar-refractivity contribution in [2.24, 2.45) is 5.92 Å². The van der Waals surface area contributed by atoms with E-state index in [9.17, 15) is 0 Å². The quantitative estimate of drug-likeness (QED) is 0.809. The van der Waals surface area contributed by atoms with E-state index in [-0.39, 0.29) is 0 Å². The Kier molecular flexibility index (Phi) is 5.75. The molecule has 1 N–H and O–H groups in total. The Morgan fingerprint density at radius 1 is 1.50 bits per heavy atom. The van der Waals surface area contributed by atoms with E-state index < -0.39 is 0 Å². The summed E-state index contributed by atoms with van der Waals surface area (Å²) in [5.41, 5.74) is 0. The molecule has 0 aliphatic carbocycles. The Morgan fingerprint density at radius 3 is 3.11 bits per heavy atom. The number of hydrogen-bond donors (Lipinski definition) is 1. The molecule has 1 aromatic rings. The van der Waals surface area contributed by atoms with Gasteiger partial charge in [0.1, 0.15) is 5.76 Å². The fourth-order valence-electron chi connectivity index (χ4n) is 2.67. The molecular formula is C15H25NO2. The van der Waals surface area contributed by atoms with Gasteiger partial charge in [-0.1, -0.05) is 6.92 Å². The molecule has 0 aromatic carbocycles. The summed E-state index contributed by atoms with van der Waals surface area (Å²) in [6, 6.07) is 4.59. The molecule has 0 saturated carbocycles. The molecule has 0 radical (unpaired) electrons. The molecule has 2 heterocycles. The summed E-state index contributed by atoms with van der Waals surface area (Å²) in [4.78, 5) is 0. The second-order valence-corrected chi connectivity index (χ2v) is 5.16. The van der Waals surface area contributed by atoms with Crippen LogP contribution in [-0.2, 0) is 11.2 Å². The summed E-state index contributed by atoms with van der Waals surface area (Å²) in [6.45, 7) is 5.17. The molecule has 1 aromatic heterocycles. The highest BCUT2D eigenvalue weighted by Gasteiger charge is 2.23. The monoisotopic (exact) mass is 251 g/mol. The van der Waals surface area contributed by atoms with Crippen molar-refractivity contribution in [3.63, 3.8) is 0 Å². The fourth-order valence-corrected chi connectivity index (χ4v) is 2.67. The molecule has 0 bridgehead atoms. The topological polar surface area (TPSA) is 34.4 Å². The minimum atomic E-state index is 0.565. The molecular weight excluding hydrogens is 226 g/mol. The highest BCUT2D eigenvalue weighted by Crippen LogP contribution is 2.21. The van der Waals surface area contributed by atoms with Gasteiger partial charge >= 0.3 is 0 Å². The van der Waals surface area contributed by atoms with Crippen LogP contribution in [0, 0.1) is 5.92 Å². The molecule has 102 valence electrons. The van der Waals surface area contributed by atoms with Gasteiger partial charge in [-0.15, -0.1) is 0 Å². The zero-order valence-corrected chi connectivity index (χ0v) is 11.4. The number of aryl methyl sites for hydroxylation is 1. The molecule has 1 saturated heterocycles. The highest BCUT2D eigenvalue weighted by atomic mass is 16.5. The van der Waals surface area contributed by atoms with Crippen LogP contribution in [0.15, 0.2) is 22.8 Å². The van der Waals surface area contributed by atoms with E-state index in [1.165, 1.54) is 19.3 Å². The maximum atomic E-state index is 5.62. The second-order valence-electron chi connectivity index (χ2n) is 5.16. The lowest BCUT2D eigenvalue weighted by Crippen LogP contribution is -2.41. The summed E-state index contributed by atoms with van der Waals surface area (Å²) >= 11 is 0. The van der Waals surface area contributed by atoms with Crippen LogP contribution < -0.4 is 5.32 Å². The predicted octanol–water partition coefficient (Wildman–Crippen LogP) is 3.01. The van der Waals surface area contributed by atoms with Crippen LogP contribution in [0.3, 0.4) is 0 Å². The van der Waals surface area contributed by atoms with Gasteiger partial charge in [0.25, 0.3) is 0 Å². The lowest BCUT2D eigenvalue weighted by molar-refractivity contribution is 0.0378. The second kappa shape index (κ2) is 7.59. The average molecular weight is 251 g/mol. The number of ether oxygens (including phenoxy) is 1. The summed E-state index contributed by atoms with van der Waals surface area (Å²) in [5.74, 6) is 1.76. The van der Waals surface area contributed by atoms with Crippen LogP contribution >= 0.6 is 0 Å². The summed E-state index contributed by atoms with van der Waals surface area (Å²) in [7, 11) is 0. The minimum absolute atomic E-state index is 0.565. The maximum absolute atomic E-state index is 5.62. The van der Waals surface area contributed by atoms with Gasteiger partial charge in [0.15, 0.2) is 0 Å². The van der Waals surface area contributed by atoms with E-state index in [1.807, 2.05) is 6.07 Å². The van der Waals surface area contributed by atoms with Crippen molar-refractivity contribution in [1.29, 1.82) is 0 Å². The Morgan fingerprint density at radius 2 is 2.44 bits per heavy atom. The van der Waals surface area contributed by atoms with Gasteiger partial charge in [-0.25, -0.2) is 0 Å². The SMILES string of the molecule is CCCNC(CCc1ccco1)C1CCCOC1. The van der Waals surface area contributed by atoms with Crippen molar-refractivity contribution in [3.8, 4) is 0 Å². The van der Waals surface area contributed by atoms with Crippen LogP contribution in [0.4, 0.5) is 0 Å². The highest BCUT2D eigenvalue weighted by molar-refractivity contribution is 4.99. The summed E-state index contributed by atoms with van der Waals surface area (Å²) in [5, 5.41) is 3.68. The molecule has 3 nitrogen and oxygen atoms in total. The first-order chi connectivity index (χ1) is 8.90. The molecule has 1 aliphatic rings. The van der Waals surface area contributed by atoms with Crippen molar-refractivity contribution >= 4 is 0 Å². The van der Waals surface area contributed by atoms with Gasteiger partial charge in [0, 0.05) is 19.1 Å². The van der Waals surface area contributed by atoms with E-state index >= 15 is 0 Å². The van der Waals surface area contributed by atoms with Crippen molar-refractivity contribution < 1.29 is 9.15 Å².